The summed E-state index contributed by atoms with van der Waals surface area (Å²) < 4.78 is 0. The van der Waals surface area contributed by atoms with E-state index in [0.717, 1.165) is 19.3 Å². The first-order valence-electron chi connectivity index (χ1n) is 12.6. The lowest BCUT2D eigenvalue weighted by Gasteiger charge is -2.33. The molecule has 31 heavy (non-hydrogen) atoms. The van der Waals surface area contributed by atoms with Gasteiger partial charge in [0.05, 0.1) is 5.92 Å². The Morgan fingerprint density at radius 3 is 2.32 bits per heavy atom. The molecule has 5 nitrogen and oxygen atoms in total. The number of unbranched alkanes of at least 4 members (excludes halogenated alkanes) is 3. The molecule has 2 unspecified atom stereocenters. The summed E-state index contributed by atoms with van der Waals surface area (Å²) in [7, 11) is 0. The SMILES string of the molecule is CCCC(C)(C)CCCCCCNC(=O)CCN1C(=O)CC(C(C)C(C)(C)CC)C1=O. The normalized spacial score (nSPS) is 18.5. The number of likely N-dealkylation sites (tertiary alicyclic amines) is 1. The van der Waals surface area contributed by atoms with Gasteiger partial charge in [0.1, 0.15) is 0 Å². The fourth-order valence-electron chi connectivity index (χ4n) is 4.61. The lowest BCUT2D eigenvalue weighted by atomic mass is 9.71. The Morgan fingerprint density at radius 2 is 1.71 bits per heavy atom. The van der Waals surface area contributed by atoms with Crippen LogP contribution < -0.4 is 5.32 Å². The van der Waals surface area contributed by atoms with Crippen molar-refractivity contribution in [3.63, 3.8) is 0 Å². The summed E-state index contributed by atoms with van der Waals surface area (Å²) in [4.78, 5) is 38.6. The van der Waals surface area contributed by atoms with E-state index >= 15 is 0 Å². The quantitative estimate of drug-likeness (QED) is 0.264. The van der Waals surface area contributed by atoms with Crippen LogP contribution in [-0.2, 0) is 14.4 Å². The zero-order valence-corrected chi connectivity index (χ0v) is 21.3. The molecule has 0 aliphatic carbocycles. The van der Waals surface area contributed by atoms with Crippen molar-refractivity contribution in [1.82, 2.24) is 10.2 Å². The third-order valence-corrected chi connectivity index (χ3v) is 7.62. The van der Waals surface area contributed by atoms with Gasteiger partial charge in [0.25, 0.3) is 0 Å². The Kier molecular flexibility index (Phi) is 11.2. The van der Waals surface area contributed by atoms with Crippen LogP contribution in [0.3, 0.4) is 0 Å². The van der Waals surface area contributed by atoms with Crippen molar-refractivity contribution in [2.75, 3.05) is 13.1 Å². The number of nitrogens with zero attached hydrogens (tertiary/aromatic N) is 1. The molecule has 3 amide bonds. The van der Waals surface area contributed by atoms with Crippen molar-refractivity contribution >= 4 is 17.7 Å². The summed E-state index contributed by atoms with van der Waals surface area (Å²) in [6.45, 7) is 16.3. The Balaban J connectivity index is 2.26. The highest BCUT2D eigenvalue weighted by atomic mass is 16.2. The van der Waals surface area contributed by atoms with Crippen molar-refractivity contribution in [3.05, 3.63) is 0 Å². The molecule has 0 aromatic rings. The first kappa shape index (κ1) is 27.6. The molecule has 2 atom stereocenters. The zero-order valence-electron chi connectivity index (χ0n) is 21.3. The van der Waals surface area contributed by atoms with Gasteiger partial charge >= 0.3 is 0 Å². The van der Waals surface area contributed by atoms with Crippen molar-refractivity contribution in [2.45, 2.75) is 113 Å². The topological polar surface area (TPSA) is 66.5 Å². The van der Waals surface area contributed by atoms with Crippen LogP contribution in [0.1, 0.15) is 113 Å². The second-order valence-corrected chi connectivity index (χ2v) is 11.0. The van der Waals surface area contributed by atoms with Gasteiger partial charge in [-0.05, 0) is 36.0 Å². The van der Waals surface area contributed by atoms with Gasteiger partial charge in [-0.3, -0.25) is 19.3 Å². The smallest absolute Gasteiger partial charge is 0.233 e. The molecule has 5 heteroatoms. The Hall–Kier alpha value is -1.39. The number of imide groups is 1. The van der Waals surface area contributed by atoms with Crippen molar-refractivity contribution in [1.29, 1.82) is 0 Å². The molecule has 180 valence electrons. The number of hydrogen-bond acceptors (Lipinski definition) is 3. The maximum Gasteiger partial charge on any atom is 0.233 e. The highest BCUT2D eigenvalue weighted by Crippen LogP contribution is 2.40. The van der Waals surface area contributed by atoms with Gasteiger partial charge in [0.2, 0.25) is 17.7 Å². The average Bonchev–Trinajstić information content (AvgIpc) is 2.98. The average molecular weight is 437 g/mol. The predicted octanol–water partition coefficient (Wildman–Crippen LogP) is 5.72. The van der Waals surface area contributed by atoms with Crippen LogP contribution in [-0.4, -0.2) is 35.7 Å². The molecule has 1 fully saturated rings. The molecule has 0 bridgehead atoms. The number of hydrogen-bond donors (Lipinski definition) is 1. The summed E-state index contributed by atoms with van der Waals surface area (Å²) in [6.07, 6.45) is 9.77. The molecule has 1 aliphatic heterocycles. The summed E-state index contributed by atoms with van der Waals surface area (Å²) in [5, 5.41) is 2.94. The Bertz CT molecular complexity index is 597. The van der Waals surface area contributed by atoms with Crippen molar-refractivity contribution < 1.29 is 14.4 Å². The van der Waals surface area contributed by atoms with E-state index in [1.54, 1.807) is 0 Å². The predicted molar refractivity (Wildman–Crippen MR) is 127 cm³/mol. The number of rotatable bonds is 15. The standard InChI is InChI=1S/C26H48N2O3/c1-8-15-25(4,5)16-12-10-11-13-17-27-22(29)14-18-28-23(30)19-21(24(28)31)20(3)26(6,7)9-2/h20-21H,8-19H2,1-7H3,(H,27,29). The lowest BCUT2D eigenvalue weighted by molar-refractivity contribution is -0.140. The van der Waals surface area contributed by atoms with E-state index in [1.165, 1.54) is 37.0 Å². The number of carbonyl (C=O) groups is 3. The van der Waals surface area contributed by atoms with Gasteiger partial charge in [0.15, 0.2) is 0 Å². The molecule has 0 saturated carbocycles. The first-order chi connectivity index (χ1) is 14.4. The van der Waals surface area contributed by atoms with Gasteiger partial charge < -0.3 is 5.32 Å². The molecule has 1 N–H and O–H groups in total. The Labute approximate surface area is 191 Å². The van der Waals surface area contributed by atoms with Crippen molar-refractivity contribution in [3.8, 4) is 0 Å². The van der Waals surface area contributed by atoms with Crippen LogP contribution in [0.4, 0.5) is 0 Å². The minimum Gasteiger partial charge on any atom is -0.356 e. The van der Waals surface area contributed by atoms with Crippen LogP contribution in [0.2, 0.25) is 0 Å². The summed E-state index contributed by atoms with van der Waals surface area (Å²) in [5.41, 5.74) is 0.455. The maximum atomic E-state index is 12.8. The van der Waals surface area contributed by atoms with Gasteiger partial charge in [-0.15, -0.1) is 0 Å². The number of amides is 3. The molecular weight excluding hydrogens is 388 g/mol. The van der Waals surface area contributed by atoms with E-state index in [-0.39, 0.29) is 54.4 Å². The van der Waals surface area contributed by atoms with E-state index in [4.69, 9.17) is 0 Å². The van der Waals surface area contributed by atoms with Crippen LogP contribution >= 0.6 is 0 Å². The maximum absolute atomic E-state index is 12.8. The second-order valence-electron chi connectivity index (χ2n) is 11.0. The highest BCUT2D eigenvalue weighted by Gasteiger charge is 2.45. The minimum absolute atomic E-state index is 0.0136. The fourth-order valence-corrected chi connectivity index (χ4v) is 4.61. The first-order valence-corrected chi connectivity index (χ1v) is 12.6. The monoisotopic (exact) mass is 436 g/mol. The number of carbonyl (C=O) groups excluding carboxylic acids is 3. The third-order valence-electron chi connectivity index (χ3n) is 7.62. The fraction of sp³-hybridized carbons (Fsp3) is 0.885. The van der Waals surface area contributed by atoms with Crippen LogP contribution in [0, 0.1) is 22.7 Å². The molecule has 1 aliphatic rings. The molecule has 1 rings (SSSR count). The van der Waals surface area contributed by atoms with Crippen LogP contribution in [0.15, 0.2) is 0 Å². The minimum atomic E-state index is -0.257. The van der Waals surface area contributed by atoms with Gasteiger partial charge in [-0.2, -0.15) is 0 Å². The summed E-state index contributed by atoms with van der Waals surface area (Å²) in [5.74, 6) is -0.423. The number of nitrogens with one attached hydrogen (secondary N) is 1. The molecule has 0 aromatic heterocycles. The van der Waals surface area contributed by atoms with Crippen LogP contribution in [0.5, 0.6) is 0 Å². The molecule has 0 radical (unpaired) electrons. The van der Waals surface area contributed by atoms with E-state index in [2.05, 4.69) is 53.8 Å². The van der Waals surface area contributed by atoms with E-state index in [9.17, 15) is 14.4 Å². The van der Waals surface area contributed by atoms with E-state index in [0.29, 0.717) is 12.0 Å². The van der Waals surface area contributed by atoms with Crippen LogP contribution in [0.25, 0.3) is 0 Å². The van der Waals surface area contributed by atoms with E-state index in [1.807, 2.05) is 0 Å². The molecule has 0 spiro atoms. The molecule has 0 aromatic carbocycles. The second kappa shape index (κ2) is 12.6. The highest BCUT2D eigenvalue weighted by molar-refractivity contribution is 6.04. The lowest BCUT2D eigenvalue weighted by Crippen LogP contribution is -2.37. The molecule has 1 heterocycles. The largest absolute Gasteiger partial charge is 0.356 e. The molecular formula is C26H48N2O3. The third kappa shape index (κ3) is 8.94. The zero-order chi connectivity index (χ0) is 23.7. The van der Waals surface area contributed by atoms with E-state index < -0.39 is 0 Å². The Morgan fingerprint density at radius 1 is 1.06 bits per heavy atom. The van der Waals surface area contributed by atoms with Gasteiger partial charge in [-0.25, -0.2) is 0 Å². The summed E-state index contributed by atoms with van der Waals surface area (Å²) in [6, 6.07) is 0. The molecule has 1 saturated heterocycles. The van der Waals surface area contributed by atoms with Gasteiger partial charge in [-0.1, -0.05) is 80.6 Å². The summed E-state index contributed by atoms with van der Waals surface area (Å²) >= 11 is 0. The van der Waals surface area contributed by atoms with Crippen molar-refractivity contribution in [2.24, 2.45) is 22.7 Å². The van der Waals surface area contributed by atoms with Gasteiger partial charge in [0, 0.05) is 25.9 Å².